The first kappa shape index (κ1) is 14.1. The number of nitrogens with zero attached hydrogens (tertiary/aromatic N) is 2. The van der Waals surface area contributed by atoms with Crippen LogP contribution in [-0.2, 0) is 0 Å². The van der Waals surface area contributed by atoms with Gasteiger partial charge in [0.05, 0.1) is 7.11 Å². The van der Waals surface area contributed by atoms with Crippen molar-refractivity contribution in [2.75, 3.05) is 12.5 Å². The summed E-state index contributed by atoms with van der Waals surface area (Å²) in [4.78, 5) is 8.09. The third-order valence-corrected chi connectivity index (χ3v) is 3.18. The summed E-state index contributed by atoms with van der Waals surface area (Å²) in [6.07, 6.45) is 1.37. The molecule has 0 bridgehead atoms. The fourth-order valence-corrected chi connectivity index (χ4v) is 1.90. The highest BCUT2D eigenvalue weighted by Crippen LogP contribution is 2.36. The Morgan fingerprint density at radius 1 is 1.05 bits per heavy atom. The minimum absolute atomic E-state index is 0.326. The summed E-state index contributed by atoms with van der Waals surface area (Å²) >= 11 is 0. The molecule has 0 atom stereocenters. The number of aromatic nitrogens is 2. The first-order chi connectivity index (χ1) is 9.58. The van der Waals surface area contributed by atoms with E-state index in [1.807, 2.05) is 26.8 Å². The van der Waals surface area contributed by atoms with Crippen molar-refractivity contribution >= 4 is 5.82 Å². The summed E-state index contributed by atoms with van der Waals surface area (Å²) in [5, 5.41) is 0. The standard InChI is InChI=1S/C14H18N4O2/c1-8-5-6-9(2)11(10(8)3)20-14-12(19-4)13(18-15)16-7-17-14/h5-7H,15H2,1-4H3,(H,16,17,18). The molecule has 1 aromatic carbocycles. The molecule has 1 aromatic heterocycles. The van der Waals surface area contributed by atoms with E-state index in [4.69, 9.17) is 15.3 Å². The molecule has 1 heterocycles. The number of methoxy groups -OCH3 is 1. The lowest BCUT2D eigenvalue weighted by molar-refractivity contribution is 0.367. The van der Waals surface area contributed by atoms with Gasteiger partial charge >= 0.3 is 0 Å². The maximum absolute atomic E-state index is 5.91. The normalized spacial score (nSPS) is 10.2. The molecule has 6 nitrogen and oxygen atoms in total. The molecule has 2 rings (SSSR count). The third kappa shape index (κ3) is 2.50. The molecule has 6 heteroatoms. The Kier molecular flexibility index (Phi) is 4.05. The Morgan fingerprint density at radius 2 is 1.75 bits per heavy atom. The Labute approximate surface area is 117 Å². The molecule has 0 aliphatic heterocycles. The van der Waals surface area contributed by atoms with E-state index in [2.05, 4.69) is 21.5 Å². The molecule has 0 saturated heterocycles. The maximum atomic E-state index is 5.91. The Bertz CT molecular complexity index is 629. The van der Waals surface area contributed by atoms with Crippen LogP contribution in [0.4, 0.5) is 5.82 Å². The van der Waals surface area contributed by atoms with E-state index in [-0.39, 0.29) is 0 Å². The fraction of sp³-hybridized carbons (Fsp3) is 0.286. The molecule has 0 saturated carbocycles. The monoisotopic (exact) mass is 274 g/mol. The SMILES string of the molecule is COc1c(NN)ncnc1Oc1c(C)ccc(C)c1C. The van der Waals surface area contributed by atoms with Crippen LogP contribution in [0.5, 0.6) is 17.4 Å². The Morgan fingerprint density at radius 3 is 2.40 bits per heavy atom. The first-order valence-electron chi connectivity index (χ1n) is 6.18. The molecule has 3 N–H and O–H groups in total. The van der Waals surface area contributed by atoms with Crippen LogP contribution >= 0.6 is 0 Å². The van der Waals surface area contributed by atoms with Crippen molar-refractivity contribution in [3.8, 4) is 17.4 Å². The lowest BCUT2D eigenvalue weighted by atomic mass is 10.1. The summed E-state index contributed by atoms with van der Waals surface area (Å²) in [7, 11) is 1.52. The summed E-state index contributed by atoms with van der Waals surface area (Å²) in [6, 6.07) is 4.06. The van der Waals surface area contributed by atoms with Gasteiger partial charge in [-0.25, -0.2) is 10.8 Å². The number of ether oxygens (including phenoxy) is 2. The Balaban J connectivity index is 2.48. The van der Waals surface area contributed by atoms with Crippen molar-refractivity contribution in [3.63, 3.8) is 0 Å². The highest BCUT2D eigenvalue weighted by molar-refractivity contribution is 5.56. The second-order valence-corrected chi connectivity index (χ2v) is 4.46. The molecule has 0 spiro atoms. The number of hydrogen-bond acceptors (Lipinski definition) is 6. The number of anilines is 1. The average Bonchev–Trinajstić information content (AvgIpc) is 2.47. The number of aryl methyl sites for hydroxylation is 2. The van der Waals surface area contributed by atoms with Crippen molar-refractivity contribution in [2.24, 2.45) is 5.84 Å². The number of benzene rings is 1. The van der Waals surface area contributed by atoms with Gasteiger partial charge in [0.2, 0.25) is 5.75 Å². The molecule has 0 fully saturated rings. The van der Waals surface area contributed by atoms with Gasteiger partial charge in [-0.3, -0.25) is 0 Å². The Hall–Kier alpha value is -2.34. The van der Waals surface area contributed by atoms with Crippen LogP contribution in [0.3, 0.4) is 0 Å². The van der Waals surface area contributed by atoms with Gasteiger partial charge in [-0.05, 0) is 37.5 Å². The number of rotatable bonds is 4. The molecular weight excluding hydrogens is 256 g/mol. The van der Waals surface area contributed by atoms with E-state index < -0.39 is 0 Å². The van der Waals surface area contributed by atoms with Crippen LogP contribution < -0.4 is 20.7 Å². The van der Waals surface area contributed by atoms with Crippen LogP contribution in [0.1, 0.15) is 16.7 Å². The molecule has 106 valence electrons. The van der Waals surface area contributed by atoms with Gasteiger partial charge in [0, 0.05) is 0 Å². The summed E-state index contributed by atoms with van der Waals surface area (Å²) in [6.45, 7) is 6.02. The van der Waals surface area contributed by atoms with E-state index in [0.29, 0.717) is 17.4 Å². The molecule has 20 heavy (non-hydrogen) atoms. The number of hydrazine groups is 1. The molecule has 0 aliphatic carbocycles. The molecule has 0 radical (unpaired) electrons. The lowest BCUT2D eigenvalue weighted by Gasteiger charge is -2.15. The highest BCUT2D eigenvalue weighted by atomic mass is 16.5. The zero-order chi connectivity index (χ0) is 14.7. The summed E-state index contributed by atoms with van der Waals surface area (Å²) < 4.78 is 11.2. The quantitative estimate of drug-likeness (QED) is 0.658. The molecule has 0 aliphatic rings. The van der Waals surface area contributed by atoms with E-state index >= 15 is 0 Å². The van der Waals surface area contributed by atoms with Crippen molar-refractivity contribution in [3.05, 3.63) is 35.2 Å². The average molecular weight is 274 g/mol. The van der Waals surface area contributed by atoms with Crippen molar-refractivity contribution < 1.29 is 9.47 Å². The largest absolute Gasteiger partial charge is 0.489 e. The van der Waals surface area contributed by atoms with Gasteiger partial charge < -0.3 is 14.9 Å². The minimum atomic E-state index is 0.326. The molecule has 0 amide bonds. The van der Waals surface area contributed by atoms with Gasteiger partial charge in [0.25, 0.3) is 5.88 Å². The summed E-state index contributed by atoms with van der Waals surface area (Å²) in [5.74, 6) is 7.24. The van der Waals surface area contributed by atoms with Crippen LogP contribution in [-0.4, -0.2) is 17.1 Å². The minimum Gasteiger partial charge on any atom is -0.489 e. The van der Waals surface area contributed by atoms with Crippen molar-refractivity contribution in [1.82, 2.24) is 9.97 Å². The summed E-state index contributed by atoms with van der Waals surface area (Å²) in [5.41, 5.74) is 5.69. The second-order valence-electron chi connectivity index (χ2n) is 4.46. The number of hydrogen-bond donors (Lipinski definition) is 2. The third-order valence-electron chi connectivity index (χ3n) is 3.18. The van der Waals surface area contributed by atoms with Crippen LogP contribution in [0.25, 0.3) is 0 Å². The van der Waals surface area contributed by atoms with E-state index in [0.717, 1.165) is 22.4 Å². The second kappa shape index (κ2) is 5.75. The molecule has 2 aromatic rings. The number of nitrogens with two attached hydrogens (primary N) is 1. The predicted octanol–water partition coefficient (Wildman–Crippen LogP) is 2.49. The topological polar surface area (TPSA) is 82.3 Å². The van der Waals surface area contributed by atoms with Crippen molar-refractivity contribution in [2.45, 2.75) is 20.8 Å². The zero-order valence-corrected chi connectivity index (χ0v) is 12.0. The van der Waals surface area contributed by atoms with E-state index in [9.17, 15) is 0 Å². The van der Waals surface area contributed by atoms with Crippen LogP contribution in [0.2, 0.25) is 0 Å². The smallest absolute Gasteiger partial charge is 0.268 e. The van der Waals surface area contributed by atoms with Gasteiger partial charge in [-0.2, -0.15) is 4.98 Å². The van der Waals surface area contributed by atoms with Crippen LogP contribution in [0.15, 0.2) is 18.5 Å². The molecular formula is C14H18N4O2. The van der Waals surface area contributed by atoms with Gasteiger partial charge in [0.15, 0.2) is 5.82 Å². The van der Waals surface area contributed by atoms with Gasteiger partial charge in [0.1, 0.15) is 12.1 Å². The highest BCUT2D eigenvalue weighted by Gasteiger charge is 2.16. The predicted molar refractivity (Wildman–Crippen MR) is 77.1 cm³/mol. The number of nitrogens with one attached hydrogen (secondary N) is 1. The zero-order valence-electron chi connectivity index (χ0n) is 12.0. The van der Waals surface area contributed by atoms with Gasteiger partial charge in [-0.15, -0.1) is 0 Å². The molecule has 0 unspecified atom stereocenters. The van der Waals surface area contributed by atoms with Crippen LogP contribution in [0, 0.1) is 20.8 Å². The maximum Gasteiger partial charge on any atom is 0.268 e. The van der Waals surface area contributed by atoms with Crippen molar-refractivity contribution in [1.29, 1.82) is 0 Å². The fourth-order valence-electron chi connectivity index (χ4n) is 1.90. The lowest BCUT2D eigenvalue weighted by Crippen LogP contribution is -2.11. The number of nitrogen functional groups attached to an aromatic ring is 1. The van der Waals surface area contributed by atoms with Gasteiger partial charge in [-0.1, -0.05) is 12.1 Å². The van der Waals surface area contributed by atoms with E-state index in [1.165, 1.54) is 13.4 Å². The van der Waals surface area contributed by atoms with E-state index in [1.54, 1.807) is 0 Å². The first-order valence-corrected chi connectivity index (χ1v) is 6.18.